The monoisotopic (exact) mass is 314 g/mol. The van der Waals surface area contributed by atoms with Gasteiger partial charge in [0, 0.05) is 12.5 Å². The fourth-order valence-electron chi connectivity index (χ4n) is 2.30. The number of hydrogen-bond acceptors (Lipinski definition) is 5. The summed E-state index contributed by atoms with van der Waals surface area (Å²) in [6.07, 6.45) is 0.346. The van der Waals surface area contributed by atoms with Crippen molar-refractivity contribution in [3.63, 3.8) is 0 Å². The van der Waals surface area contributed by atoms with Crippen LogP contribution < -0.4 is 10.1 Å². The molecule has 0 fully saturated rings. The van der Waals surface area contributed by atoms with E-state index in [2.05, 4.69) is 10.3 Å². The first-order valence-corrected chi connectivity index (χ1v) is 7.04. The van der Waals surface area contributed by atoms with E-state index in [9.17, 15) is 9.18 Å². The molecule has 1 N–H and O–H groups in total. The van der Waals surface area contributed by atoms with Crippen molar-refractivity contribution in [2.24, 2.45) is 0 Å². The van der Waals surface area contributed by atoms with E-state index >= 15 is 0 Å². The molecule has 0 unspecified atom stereocenters. The molecule has 0 saturated heterocycles. The predicted octanol–water partition coefficient (Wildman–Crippen LogP) is 3.85. The van der Waals surface area contributed by atoms with Gasteiger partial charge in [0.2, 0.25) is 0 Å². The highest BCUT2D eigenvalue weighted by Gasteiger charge is 2.11. The van der Waals surface area contributed by atoms with Crippen LogP contribution in [0.15, 0.2) is 40.8 Å². The molecule has 0 spiro atoms. The Morgan fingerprint density at radius 1 is 1.30 bits per heavy atom. The third kappa shape index (κ3) is 3.31. The van der Waals surface area contributed by atoms with Crippen molar-refractivity contribution < 1.29 is 18.3 Å². The second kappa shape index (κ2) is 6.08. The van der Waals surface area contributed by atoms with Crippen LogP contribution >= 0.6 is 0 Å². The Balaban J connectivity index is 1.89. The topological polar surface area (TPSA) is 64.4 Å². The Labute approximate surface area is 132 Å². The van der Waals surface area contributed by atoms with Gasteiger partial charge >= 0.3 is 0 Å². The molecule has 23 heavy (non-hydrogen) atoms. The number of ketones is 1. The van der Waals surface area contributed by atoms with Gasteiger partial charge in [-0.3, -0.25) is 4.79 Å². The molecule has 118 valence electrons. The molecule has 0 bridgehead atoms. The number of benzene rings is 2. The zero-order chi connectivity index (χ0) is 16.4. The fraction of sp³-hybridized carbons (Fsp3) is 0.176. The number of carbonyl (C=O) groups is 1. The number of anilines is 2. The smallest absolute Gasteiger partial charge is 0.300 e. The fourth-order valence-corrected chi connectivity index (χ4v) is 2.30. The molecule has 0 saturated carbocycles. The van der Waals surface area contributed by atoms with Gasteiger partial charge in [0.25, 0.3) is 6.01 Å². The first-order valence-electron chi connectivity index (χ1n) is 7.04. The Morgan fingerprint density at radius 2 is 2.13 bits per heavy atom. The number of carbonyl (C=O) groups excluding carboxylic acids is 1. The summed E-state index contributed by atoms with van der Waals surface area (Å²) in [6, 6.07) is 9.79. The van der Waals surface area contributed by atoms with Crippen LogP contribution in [0.2, 0.25) is 0 Å². The van der Waals surface area contributed by atoms with Crippen molar-refractivity contribution in [1.29, 1.82) is 0 Å². The van der Waals surface area contributed by atoms with Gasteiger partial charge in [0.05, 0.1) is 12.8 Å². The summed E-state index contributed by atoms with van der Waals surface area (Å²) >= 11 is 0. The lowest BCUT2D eigenvalue weighted by atomic mass is 10.1. The molecule has 3 aromatic rings. The Bertz CT molecular complexity index is 873. The average Bonchev–Trinajstić information content (AvgIpc) is 2.89. The van der Waals surface area contributed by atoms with E-state index in [1.807, 2.05) is 6.07 Å². The quantitative estimate of drug-likeness (QED) is 0.775. The summed E-state index contributed by atoms with van der Waals surface area (Å²) in [5.41, 5.74) is 2.42. The molecular formula is C17H15FN2O3. The van der Waals surface area contributed by atoms with Gasteiger partial charge in [-0.1, -0.05) is 6.07 Å². The number of Topliss-reactive ketones (excluding diaryl/α,β-unsaturated/α-hetero) is 1. The van der Waals surface area contributed by atoms with E-state index in [1.165, 1.54) is 19.1 Å². The Kier molecular flexibility index (Phi) is 3.97. The number of nitrogens with zero attached hydrogens (tertiary/aromatic N) is 1. The summed E-state index contributed by atoms with van der Waals surface area (Å²) in [7, 11) is 1.54. The van der Waals surface area contributed by atoms with Gasteiger partial charge < -0.3 is 14.5 Å². The van der Waals surface area contributed by atoms with Crippen molar-refractivity contribution in [2.45, 2.75) is 13.3 Å². The average molecular weight is 314 g/mol. The van der Waals surface area contributed by atoms with Gasteiger partial charge in [-0.2, -0.15) is 4.98 Å². The number of fused-ring (bicyclic) bond motifs is 1. The summed E-state index contributed by atoms with van der Waals surface area (Å²) < 4.78 is 24.0. The van der Waals surface area contributed by atoms with Crippen molar-refractivity contribution in [3.05, 3.63) is 47.8 Å². The molecule has 0 aliphatic rings. The molecule has 0 aliphatic carbocycles. The molecule has 0 aliphatic heterocycles. The first kappa shape index (κ1) is 15.0. The van der Waals surface area contributed by atoms with Crippen LogP contribution in [0.1, 0.15) is 12.5 Å². The molecule has 1 aromatic heterocycles. The molecule has 0 atom stereocenters. The summed E-state index contributed by atoms with van der Waals surface area (Å²) in [6.45, 7) is 1.54. The lowest BCUT2D eigenvalue weighted by Gasteiger charge is -2.10. The van der Waals surface area contributed by atoms with Crippen LogP contribution in [-0.2, 0) is 11.2 Å². The minimum atomic E-state index is -0.383. The van der Waals surface area contributed by atoms with Gasteiger partial charge in [-0.25, -0.2) is 4.39 Å². The van der Waals surface area contributed by atoms with Gasteiger partial charge in [0.15, 0.2) is 5.58 Å². The zero-order valence-electron chi connectivity index (χ0n) is 12.7. The van der Waals surface area contributed by atoms with Crippen LogP contribution in [0.25, 0.3) is 11.1 Å². The Hall–Kier alpha value is -2.89. The van der Waals surface area contributed by atoms with Crippen LogP contribution in [0, 0.1) is 5.82 Å². The van der Waals surface area contributed by atoms with Crippen molar-refractivity contribution in [1.82, 2.24) is 4.98 Å². The maximum absolute atomic E-state index is 13.2. The maximum atomic E-state index is 13.2. The van der Waals surface area contributed by atoms with E-state index in [1.54, 1.807) is 25.3 Å². The van der Waals surface area contributed by atoms with Gasteiger partial charge in [-0.15, -0.1) is 0 Å². The number of oxazole rings is 1. The minimum absolute atomic E-state index is 0.0775. The number of nitrogens with one attached hydrogen (secondary N) is 1. The van der Waals surface area contributed by atoms with E-state index in [0.29, 0.717) is 29.0 Å². The standard InChI is InChI=1S/C17H15FN2O3/c1-10(21)7-11-3-5-13(15(8-11)22-2)19-17-20-14-6-4-12(18)9-16(14)23-17/h3-6,8-9H,7H2,1-2H3,(H,19,20). The second-order valence-corrected chi connectivity index (χ2v) is 5.17. The lowest BCUT2D eigenvalue weighted by Crippen LogP contribution is -1.99. The second-order valence-electron chi connectivity index (χ2n) is 5.17. The molecule has 0 radical (unpaired) electrons. The SMILES string of the molecule is COc1cc(CC(C)=O)ccc1Nc1nc2ccc(F)cc2o1. The highest BCUT2D eigenvalue weighted by atomic mass is 19.1. The van der Waals surface area contributed by atoms with E-state index in [-0.39, 0.29) is 17.6 Å². The molecule has 3 rings (SSSR count). The molecule has 2 aromatic carbocycles. The number of rotatable bonds is 5. The number of hydrogen-bond donors (Lipinski definition) is 1. The van der Waals surface area contributed by atoms with Crippen LogP contribution in [-0.4, -0.2) is 17.9 Å². The number of methoxy groups -OCH3 is 1. The Morgan fingerprint density at radius 3 is 2.87 bits per heavy atom. The van der Waals surface area contributed by atoms with Crippen LogP contribution in [0.4, 0.5) is 16.1 Å². The van der Waals surface area contributed by atoms with E-state index < -0.39 is 0 Å². The zero-order valence-corrected chi connectivity index (χ0v) is 12.7. The van der Waals surface area contributed by atoms with Crippen LogP contribution in [0.5, 0.6) is 5.75 Å². The lowest BCUT2D eigenvalue weighted by molar-refractivity contribution is -0.116. The third-order valence-electron chi connectivity index (χ3n) is 3.31. The number of halogens is 1. The number of ether oxygens (including phenoxy) is 1. The molecular weight excluding hydrogens is 299 g/mol. The summed E-state index contributed by atoms with van der Waals surface area (Å²) in [5, 5.41) is 3.00. The highest BCUT2D eigenvalue weighted by Crippen LogP contribution is 2.30. The van der Waals surface area contributed by atoms with Gasteiger partial charge in [0.1, 0.15) is 22.9 Å². The maximum Gasteiger partial charge on any atom is 0.300 e. The largest absolute Gasteiger partial charge is 0.495 e. The predicted molar refractivity (Wildman–Crippen MR) is 84.6 cm³/mol. The minimum Gasteiger partial charge on any atom is -0.495 e. The normalized spacial score (nSPS) is 10.7. The van der Waals surface area contributed by atoms with E-state index in [0.717, 1.165) is 5.56 Å². The van der Waals surface area contributed by atoms with Crippen molar-refractivity contribution in [2.75, 3.05) is 12.4 Å². The number of aromatic nitrogens is 1. The molecule has 0 amide bonds. The highest BCUT2D eigenvalue weighted by molar-refractivity contribution is 5.79. The van der Waals surface area contributed by atoms with Crippen LogP contribution in [0.3, 0.4) is 0 Å². The first-order chi connectivity index (χ1) is 11.0. The third-order valence-corrected chi connectivity index (χ3v) is 3.31. The summed E-state index contributed by atoms with van der Waals surface area (Å²) in [5.74, 6) is 0.261. The summed E-state index contributed by atoms with van der Waals surface area (Å²) in [4.78, 5) is 15.4. The van der Waals surface area contributed by atoms with E-state index in [4.69, 9.17) is 9.15 Å². The molecule has 6 heteroatoms. The van der Waals surface area contributed by atoms with Crippen molar-refractivity contribution >= 4 is 28.6 Å². The molecule has 5 nitrogen and oxygen atoms in total. The van der Waals surface area contributed by atoms with Gasteiger partial charge in [-0.05, 0) is 36.8 Å². The molecule has 1 heterocycles. The van der Waals surface area contributed by atoms with Crippen molar-refractivity contribution in [3.8, 4) is 5.75 Å².